The molecule has 182 valence electrons. The molecule has 0 radical (unpaired) electrons. The third-order valence-electron chi connectivity index (χ3n) is 6.35. The van der Waals surface area contributed by atoms with Crippen molar-refractivity contribution in [1.82, 2.24) is 14.2 Å². The highest BCUT2D eigenvalue weighted by atomic mass is 32.2. The van der Waals surface area contributed by atoms with Crippen molar-refractivity contribution in [2.45, 2.75) is 17.7 Å². The van der Waals surface area contributed by atoms with Crippen molar-refractivity contribution >= 4 is 33.3 Å². The zero-order valence-electron chi connectivity index (χ0n) is 19.2. The molecular formula is C23H30N6O4S. The van der Waals surface area contributed by atoms with Gasteiger partial charge in [-0.25, -0.2) is 13.4 Å². The number of benzene rings is 1. The Bertz CT molecular complexity index is 1150. The van der Waals surface area contributed by atoms with Gasteiger partial charge in [-0.15, -0.1) is 0 Å². The number of amides is 2. The summed E-state index contributed by atoms with van der Waals surface area (Å²) < 4.78 is 27.5. The Morgan fingerprint density at radius 3 is 2.53 bits per heavy atom. The first-order valence-electron chi connectivity index (χ1n) is 11.3. The van der Waals surface area contributed by atoms with Crippen molar-refractivity contribution in [3.63, 3.8) is 0 Å². The molecule has 1 unspecified atom stereocenters. The number of piperazine rings is 1. The zero-order valence-corrected chi connectivity index (χ0v) is 20.0. The molecule has 0 aliphatic carbocycles. The lowest BCUT2D eigenvalue weighted by molar-refractivity contribution is -0.122. The Balaban J connectivity index is 1.42. The number of carbonyl (C=O) groups is 2. The minimum absolute atomic E-state index is 0.104. The first kappa shape index (κ1) is 24.1. The minimum atomic E-state index is -3.67. The van der Waals surface area contributed by atoms with E-state index in [1.165, 1.54) is 16.4 Å². The van der Waals surface area contributed by atoms with E-state index in [-0.39, 0.29) is 22.3 Å². The smallest absolute Gasteiger partial charge is 0.255 e. The summed E-state index contributed by atoms with van der Waals surface area (Å²) in [6.07, 6.45) is 3.19. The summed E-state index contributed by atoms with van der Waals surface area (Å²) in [6.45, 7) is 3.50. The van der Waals surface area contributed by atoms with Gasteiger partial charge in [0.15, 0.2) is 0 Å². The van der Waals surface area contributed by atoms with Crippen molar-refractivity contribution in [1.29, 1.82) is 0 Å². The monoisotopic (exact) mass is 486 g/mol. The van der Waals surface area contributed by atoms with Gasteiger partial charge in [0.2, 0.25) is 15.9 Å². The molecule has 10 nitrogen and oxygen atoms in total. The standard InChI is InChI=1S/C23H30N6O4S/c1-27-10-12-29(13-11-27)34(32,33)20-6-2-4-17(14-20)23(31)26-19-7-8-21(25-15-19)28-9-3-5-18(16-28)22(24)30/h2,4,6-8,14-15,18H,3,5,9-13,16H2,1H3,(H2,24,30)(H,26,31). The predicted octanol–water partition coefficient (Wildman–Crippen LogP) is 0.972. The molecule has 2 aliphatic heterocycles. The van der Waals surface area contributed by atoms with E-state index in [2.05, 4.69) is 15.2 Å². The molecule has 0 spiro atoms. The van der Waals surface area contributed by atoms with Crippen LogP contribution in [0, 0.1) is 5.92 Å². The highest BCUT2D eigenvalue weighted by molar-refractivity contribution is 7.89. The van der Waals surface area contributed by atoms with Crippen molar-refractivity contribution in [2.24, 2.45) is 11.7 Å². The molecule has 2 saturated heterocycles. The quantitative estimate of drug-likeness (QED) is 0.622. The number of piperidine rings is 1. The van der Waals surface area contributed by atoms with Gasteiger partial charge in [-0.3, -0.25) is 9.59 Å². The molecule has 11 heteroatoms. The summed E-state index contributed by atoms with van der Waals surface area (Å²) in [4.78, 5) is 32.9. The van der Waals surface area contributed by atoms with E-state index in [4.69, 9.17) is 5.73 Å². The average molecular weight is 487 g/mol. The number of nitrogens with one attached hydrogen (secondary N) is 1. The highest BCUT2D eigenvalue weighted by Gasteiger charge is 2.28. The zero-order chi connectivity index (χ0) is 24.3. The summed E-state index contributed by atoms with van der Waals surface area (Å²) >= 11 is 0. The summed E-state index contributed by atoms with van der Waals surface area (Å²) in [6, 6.07) is 9.59. The number of likely N-dealkylation sites (N-methyl/N-ethyl adjacent to an activating group) is 1. The van der Waals surface area contributed by atoms with Crippen LogP contribution in [0.1, 0.15) is 23.2 Å². The summed E-state index contributed by atoms with van der Waals surface area (Å²) in [7, 11) is -1.71. The highest BCUT2D eigenvalue weighted by Crippen LogP contribution is 2.23. The van der Waals surface area contributed by atoms with Gasteiger partial charge in [0.05, 0.1) is 22.7 Å². The van der Waals surface area contributed by atoms with E-state index in [1.54, 1.807) is 30.5 Å². The molecule has 2 amide bonds. The number of sulfonamides is 1. The van der Waals surface area contributed by atoms with E-state index in [9.17, 15) is 18.0 Å². The van der Waals surface area contributed by atoms with E-state index >= 15 is 0 Å². The van der Waals surface area contributed by atoms with Crippen molar-refractivity contribution < 1.29 is 18.0 Å². The first-order chi connectivity index (χ1) is 16.2. The second kappa shape index (κ2) is 10.1. The average Bonchev–Trinajstić information content (AvgIpc) is 2.85. The molecule has 1 aromatic carbocycles. The number of anilines is 2. The molecule has 1 aromatic heterocycles. The summed E-state index contributed by atoms with van der Waals surface area (Å²) in [5.41, 5.74) is 6.19. The lowest BCUT2D eigenvalue weighted by Crippen LogP contribution is -2.47. The van der Waals surface area contributed by atoms with Gasteiger partial charge >= 0.3 is 0 Å². The molecule has 0 bridgehead atoms. The fourth-order valence-corrected chi connectivity index (χ4v) is 5.71. The number of hydrogen-bond donors (Lipinski definition) is 2. The lowest BCUT2D eigenvalue weighted by Gasteiger charge is -2.32. The number of pyridine rings is 1. The van der Waals surface area contributed by atoms with Crippen LogP contribution in [0.25, 0.3) is 0 Å². The van der Waals surface area contributed by atoms with Gasteiger partial charge in [-0.2, -0.15) is 4.31 Å². The normalized spacial score (nSPS) is 20.1. The van der Waals surface area contributed by atoms with E-state index in [0.29, 0.717) is 44.2 Å². The number of carbonyl (C=O) groups excluding carboxylic acids is 2. The van der Waals surface area contributed by atoms with E-state index in [0.717, 1.165) is 19.4 Å². The number of rotatable bonds is 6. The summed E-state index contributed by atoms with van der Waals surface area (Å²) in [5, 5.41) is 2.77. The van der Waals surface area contributed by atoms with Crippen LogP contribution in [0.2, 0.25) is 0 Å². The second-order valence-corrected chi connectivity index (χ2v) is 10.7. The van der Waals surface area contributed by atoms with Crippen molar-refractivity contribution in [2.75, 3.05) is 56.5 Å². The maximum absolute atomic E-state index is 13.0. The topological polar surface area (TPSA) is 129 Å². The minimum Gasteiger partial charge on any atom is -0.369 e. The fourth-order valence-electron chi connectivity index (χ4n) is 4.24. The predicted molar refractivity (Wildman–Crippen MR) is 129 cm³/mol. The number of nitrogens with two attached hydrogens (primary N) is 1. The Kier molecular flexibility index (Phi) is 7.15. The van der Waals surface area contributed by atoms with Gasteiger partial charge in [0.1, 0.15) is 5.82 Å². The lowest BCUT2D eigenvalue weighted by atomic mass is 9.97. The Hall–Kier alpha value is -3.02. The molecule has 2 aromatic rings. The molecule has 1 atom stereocenters. The second-order valence-electron chi connectivity index (χ2n) is 8.78. The van der Waals surface area contributed by atoms with Crippen LogP contribution < -0.4 is 16.0 Å². The van der Waals surface area contributed by atoms with Crippen LogP contribution in [-0.2, 0) is 14.8 Å². The molecular weight excluding hydrogens is 456 g/mol. The Morgan fingerprint density at radius 2 is 1.85 bits per heavy atom. The van der Waals surface area contributed by atoms with Crippen molar-refractivity contribution in [3.8, 4) is 0 Å². The van der Waals surface area contributed by atoms with Gasteiger partial charge < -0.3 is 20.9 Å². The Morgan fingerprint density at radius 1 is 1.09 bits per heavy atom. The van der Waals surface area contributed by atoms with Gasteiger partial charge in [-0.05, 0) is 50.2 Å². The van der Waals surface area contributed by atoms with Crippen LogP contribution in [0.15, 0.2) is 47.5 Å². The number of nitrogens with zero attached hydrogens (tertiary/aromatic N) is 4. The van der Waals surface area contributed by atoms with Gasteiger partial charge in [-0.1, -0.05) is 6.07 Å². The molecule has 4 rings (SSSR count). The summed E-state index contributed by atoms with van der Waals surface area (Å²) in [5.74, 6) is -0.198. The molecule has 2 aliphatic rings. The van der Waals surface area contributed by atoms with Crippen LogP contribution in [0.3, 0.4) is 0 Å². The Labute approximate surface area is 199 Å². The van der Waals surface area contributed by atoms with Gasteiger partial charge in [0.25, 0.3) is 5.91 Å². The molecule has 3 heterocycles. The largest absolute Gasteiger partial charge is 0.369 e. The van der Waals surface area contributed by atoms with Crippen LogP contribution in [0.4, 0.5) is 11.5 Å². The third kappa shape index (κ3) is 5.37. The van der Waals surface area contributed by atoms with Crippen LogP contribution in [-0.4, -0.2) is 80.7 Å². The van der Waals surface area contributed by atoms with Crippen LogP contribution >= 0.6 is 0 Å². The number of aromatic nitrogens is 1. The van der Waals surface area contributed by atoms with Crippen LogP contribution in [0.5, 0.6) is 0 Å². The first-order valence-corrected chi connectivity index (χ1v) is 12.8. The van der Waals surface area contributed by atoms with E-state index in [1.807, 2.05) is 11.9 Å². The molecule has 0 saturated carbocycles. The number of primary amides is 1. The van der Waals surface area contributed by atoms with E-state index < -0.39 is 15.9 Å². The SMILES string of the molecule is CN1CCN(S(=O)(=O)c2cccc(C(=O)Nc3ccc(N4CCCC(C(N)=O)C4)nc3)c2)CC1. The number of hydrogen-bond acceptors (Lipinski definition) is 7. The third-order valence-corrected chi connectivity index (χ3v) is 8.24. The maximum Gasteiger partial charge on any atom is 0.255 e. The molecule has 34 heavy (non-hydrogen) atoms. The fraction of sp³-hybridized carbons (Fsp3) is 0.435. The molecule has 3 N–H and O–H groups in total. The maximum atomic E-state index is 13.0. The van der Waals surface area contributed by atoms with Crippen molar-refractivity contribution in [3.05, 3.63) is 48.2 Å². The molecule has 2 fully saturated rings. The van der Waals surface area contributed by atoms with Gasteiger partial charge in [0, 0.05) is 44.8 Å².